The molecule has 1 atom stereocenters. The number of fused-ring (bicyclic) bond motifs is 1. The van der Waals surface area contributed by atoms with Crippen molar-refractivity contribution >= 4 is 40.9 Å². The summed E-state index contributed by atoms with van der Waals surface area (Å²) >= 11 is 13.7. The molecule has 6 heteroatoms. The van der Waals surface area contributed by atoms with Gasteiger partial charge in [0.15, 0.2) is 0 Å². The van der Waals surface area contributed by atoms with Gasteiger partial charge < -0.3 is 10.4 Å². The number of halogens is 2. The highest BCUT2D eigenvalue weighted by atomic mass is 35.5. The minimum atomic E-state index is -0.218. The lowest BCUT2D eigenvalue weighted by Crippen LogP contribution is -2.30. The third kappa shape index (κ3) is 3.19. The first-order chi connectivity index (χ1) is 10.5. The second kappa shape index (κ2) is 6.41. The van der Waals surface area contributed by atoms with Crippen LogP contribution in [0.25, 0.3) is 0 Å². The van der Waals surface area contributed by atoms with Gasteiger partial charge in [-0.15, -0.1) is 11.8 Å². The van der Waals surface area contributed by atoms with Crippen LogP contribution in [-0.4, -0.2) is 16.8 Å². The molecule has 0 aromatic heterocycles. The number of amides is 1. The molecule has 0 aliphatic carbocycles. The topological polar surface area (TPSA) is 49.3 Å². The minimum absolute atomic E-state index is 0.0376. The van der Waals surface area contributed by atoms with E-state index in [1.165, 1.54) is 12.1 Å². The molecule has 2 aromatic rings. The lowest BCUT2D eigenvalue weighted by molar-refractivity contribution is 0.0935. The van der Waals surface area contributed by atoms with E-state index in [-0.39, 0.29) is 22.7 Å². The number of nitrogens with one attached hydrogen (secondary N) is 1. The maximum Gasteiger partial charge on any atom is 0.251 e. The van der Waals surface area contributed by atoms with Crippen molar-refractivity contribution in [1.29, 1.82) is 0 Å². The number of carbonyl (C=O) groups is 1. The van der Waals surface area contributed by atoms with Gasteiger partial charge in [0.1, 0.15) is 5.75 Å². The van der Waals surface area contributed by atoms with Gasteiger partial charge in [-0.2, -0.15) is 0 Å². The lowest BCUT2D eigenvalue weighted by Gasteiger charge is -2.26. The van der Waals surface area contributed by atoms with E-state index in [0.717, 1.165) is 22.6 Å². The highest BCUT2D eigenvalue weighted by Crippen LogP contribution is 2.37. The third-order valence-electron chi connectivity index (χ3n) is 3.53. The number of phenolic OH excluding ortho intramolecular Hbond substituents is 1. The van der Waals surface area contributed by atoms with Gasteiger partial charge >= 0.3 is 0 Å². The Hall–Kier alpha value is -1.36. The van der Waals surface area contributed by atoms with Gasteiger partial charge in [-0.1, -0.05) is 23.2 Å². The number of carbonyl (C=O) groups excluding carboxylic acids is 1. The van der Waals surface area contributed by atoms with Crippen molar-refractivity contribution in [3.8, 4) is 5.75 Å². The molecule has 114 valence electrons. The molecule has 3 rings (SSSR count). The first kappa shape index (κ1) is 15.5. The molecule has 2 aromatic carbocycles. The molecule has 0 saturated heterocycles. The largest absolute Gasteiger partial charge is 0.506 e. The van der Waals surface area contributed by atoms with Crippen LogP contribution in [0.3, 0.4) is 0 Å². The maximum absolute atomic E-state index is 12.4. The molecule has 1 amide bonds. The molecule has 2 N–H and O–H groups in total. The van der Waals surface area contributed by atoms with Crippen LogP contribution in [0.5, 0.6) is 5.75 Å². The predicted molar refractivity (Wildman–Crippen MR) is 90.1 cm³/mol. The number of benzene rings is 2. The highest BCUT2D eigenvalue weighted by molar-refractivity contribution is 7.99. The van der Waals surface area contributed by atoms with Crippen LogP contribution in [0.15, 0.2) is 41.3 Å². The number of thioether (sulfide) groups is 1. The van der Waals surface area contributed by atoms with E-state index >= 15 is 0 Å². The third-order valence-corrected chi connectivity index (χ3v) is 5.19. The SMILES string of the molecule is O=C(N[C@H]1CCSc2ccc(Cl)cc21)c1ccc(O)c(Cl)c1. The number of rotatable bonds is 2. The number of phenols is 1. The first-order valence-corrected chi connectivity index (χ1v) is 8.50. The van der Waals surface area contributed by atoms with Crippen molar-refractivity contribution in [3.05, 3.63) is 57.6 Å². The molecule has 1 aliphatic heterocycles. The number of hydrogen-bond donors (Lipinski definition) is 2. The molecule has 3 nitrogen and oxygen atoms in total. The van der Waals surface area contributed by atoms with Crippen molar-refractivity contribution in [2.75, 3.05) is 5.75 Å². The zero-order chi connectivity index (χ0) is 15.7. The Balaban J connectivity index is 1.83. The fourth-order valence-corrected chi connectivity index (χ4v) is 3.87. The molecule has 0 saturated carbocycles. The van der Waals surface area contributed by atoms with Crippen LogP contribution in [-0.2, 0) is 0 Å². The van der Waals surface area contributed by atoms with Crippen molar-refractivity contribution in [1.82, 2.24) is 5.32 Å². The van der Waals surface area contributed by atoms with E-state index < -0.39 is 0 Å². The first-order valence-electron chi connectivity index (χ1n) is 6.76. The zero-order valence-corrected chi connectivity index (χ0v) is 13.8. The maximum atomic E-state index is 12.4. The summed E-state index contributed by atoms with van der Waals surface area (Å²) in [5.41, 5.74) is 1.46. The van der Waals surface area contributed by atoms with Crippen molar-refractivity contribution in [2.45, 2.75) is 17.4 Å². The second-order valence-corrected chi connectivity index (χ2v) is 6.99. The van der Waals surface area contributed by atoms with Crippen molar-refractivity contribution in [3.63, 3.8) is 0 Å². The molecule has 0 unspecified atom stereocenters. The zero-order valence-electron chi connectivity index (χ0n) is 11.5. The van der Waals surface area contributed by atoms with Crippen molar-refractivity contribution in [2.24, 2.45) is 0 Å². The van der Waals surface area contributed by atoms with Crippen LogP contribution in [0, 0.1) is 0 Å². The fourth-order valence-electron chi connectivity index (χ4n) is 2.40. The Morgan fingerprint density at radius 3 is 2.82 bits per heavy atom. The van der Waals surface area contributed by atoms with Crippen LogP contribution in [0.2, 0.25) is 10.0 Å². The standard InChI is InChI=1S/C16H13Cl2NO2S/c17-10-2-4-15-11(8-10)13(5-6-22-15)19-16(21)9-1-3-14(20)12(18)7-9/h1-4,7-8,13,20H,5-6H2,(H,19,21)/t13-/m0/s1. The summed E-state index contributed by atoms with van der Waals surface area (Å²) in [6, 6.07) is 10.1. The summed E-state index contributed by atoms with van der Waals surface area (Å²) in [5, 5.41) is 13.3. The summed E-state index contributed by atoms with van der Waals surface area (Å²) < 4.78 is 0. The Morgan fingerprint density at radius 1 is 1.23 bits per heavy atom. The van der Waals surface area contributed by atoms with E-state index in [0.29, 0.717) is 10.6 Å². The Kier molecular flexibility index (Phi) is 4.52. The van der Waals surface area contributed by atoms with E-state index in [9.17, 15) is 9.90 Å². The molecular weight excluding hydrogens is 341 g/mol. The van der Waals surface area contributed by atoms with Gasteiger partial charge in [-0.25, -0.2) is 0 Å². The van der Waals surface area contributed by atoms with Gasteiger partial charge in [0.25, 0.3) is 5.91 Å². The quantitative estimate of drug-likeness (QED) is 0.824. The second-order valence-electron chi connectivity index (χ2n) is 5.01. The molecule has 22 heavy (non-hydrogen) atoms. The number of aromatic hydroxyl groups is 1. The molecule has 0 fully saturated rings. The molecule has 1 aliphatic rings. The summed E-state index contributed by atoms with van der Waals surface area (Å²) in [6.45, 7) is 0. The summed E-state index contributed by atoms with van der Waals surface area (Å²) in [6.07, 6.45) is 0.843. The smallest absolute Gasteiger partial charge is 0.251 e. The van der Waals surface area contributed by atoms with Crippen LogP contribution < -0.4 is 5.32 Å². The van der Waals surface area contributed by atoms with E-state index in [4.69, 9.17) is 23.2 Å². The van der Waals surface area contributed by atoms with Gasteiger partial charge in [-0.3, -0.25) is 4.79 Å². The summed E-state index contributed by atoms with van der Waals surface area (Å²) in [5.74, 6) is 0.685. The van der Waals surface area contributed by atoms with Gasteiger partial charge in [0.2, 0.25) is 0 Å². The normalized spacial score (nSPS) is 16.9. The number of hydrogen-bond acceptors (Lipinski definition) is 3. The monoisotopic (exact) mass is 353 g/mol. The lowest BCUT2D eigenvalue weighted by atomic mass is 10.0. The minimum Gasteiger partial charge on any atom is -0.506 e. The Bertz CT molecular complexity index is 736. The summed E-state index contributed by atoms with van der Waals surface area (Å²) in [4.78, 5) is 13.5. The van der Waals surface area contributed by atoms with E-state index in [2.05, 4.69) is 5.32 Å². The molecule has 0 radical (unpaired) electrons. The molecule has 1 heterocycles. The van der Waals surface area contributed by atoms with Gasteiger partial charge in [0.05, 0.1) is 11.1 Å². The van der Waals surface area contributed by atoms with E-state index in [1.807, 2.05) is 18.2 Å². The van der Waals surface area contributed by atoms with Crippen molar-refractivity contribution < 1.29 is 9.90 Å². The van der Waals surface area contributed by atoms with Crippen LogP contribution >= 0.6 is 35.0 Å². The highest BCUT2D eigenvalue weighted by Gasteiger charge is 2.23. The van der Waals surface area contributed by atoms with Crippen LogP contribution in [0.4, 0.5) is 0 Å². The van der Waals surface area contributed by atoms with Gasteiger partial charge in [-0.05, 0) is 48.4 Å². The van der Waals surface area contributed by atoms with Crippen LogP contribution in [0.1, 0.15) is 28.4 Å². The summed E-state index contributed by atoms with van der Waals surface area (Å²) in [7, 11) is 0. The average Bonchev–Trinajstić information content (AvgIpc) is 2.50. The van der Waals surface area contributed by atoms with Gasteiger partial charge in [0, 0.05) is 21.2 Å². The van der Waals surface area contributed by atoms with E-state index in [1.54, 1.807) is 17.8 Å². The fraction of sp³-hybridized carbons (Fsp3) is 0.188. The Labute approximate surface area is 142 Å². The predicted octanol–water partition coefficient (Wildman–Crippen LogP) is 4.67. The Morgan fingerprint density at radius 2 is 2.05 bits per heavy atom. The average molecular weight is 354 g/mol. The molecule has 0 bridgehead atoms. The molecule has 0 spiro atoms. The molecular formula is C16H13Cl2NO2S.